The molecule has 1 aliphatic rings. The van der Waals surface area contributed by atoms with E-state index in [1.54, 1.807) is 6.92 Å². The predicted molar refractivity (Wildman–Crippen MR) is 77.1 cm³/mol. The standard InChI is InChI=1S/C14H27N3O3/c1-3-20-14(19)12(15)13(18)16-8-6-10-17-9-5-4-7-11(17)2/h11-12H,3-10,15H2,1-2H3,(H,16,18). The van der Waals surface area contributed by atoms with Crippen LogP contribution in [0.5, 0.6) is 0 Å². The number of likely N-dealkylation sites (tertiary alicyclic amines) is 1. The molecule has 0 aromatic carbocycles. The molecule has 2 unspecified atom stereocenters. The van der Waals surface area contributed by atoms with Gasteiger partial charge in [0.2, 0.25) is 5.91 Å². The number of rotatable bonds is 7. The second-order valence-corrected chi connectivity index (χ2v) is 5.26. The Morgan fingerprint density at radius 2 is 2.20 bits per heavy atom. The van der Waals surface area contributed by atoms with E-state index in [2.05, 4.69) is 17.1 Å². The molecule has 1 saturated heterocycles. The first-order valence-electron chi connectivity index (χ1n) is 7.50. The maximum Gasteiger partial charge on any atom is 0.332 e. The van der Waals surface area contributed by atoms with Crippen LogP contribution in [-0.4, -0.2) is 55.1 Å². The summed E-state index contributed by atoms with van der Waals surface area (Å²) in [6, 6.07) is -0.592. The molecule has 0 aromatic heterocycles. The first-order valence-corrected chi connectivity index (χ1v) is 7.50. The van der Waals surface area contributed by atoms with Crippen molar-refractivity contribution in [1.29, 1.82) is 0 Å². The minimum Gasteiger partial charge on any atom is -0.464 e. The van der Waals surface area contributed by atoms with E-state index in [4.69, 9.17) is 10.5 Å². The fourth-order valence-corrected chi connectivity index (χ4v) is 2.43. The number of hydrogen-bond donors (Lipinski definition) is 2. The van der Waals surface area contributed by atoms with Crippen molar-refractivity contribution in [3.05, 3.63) is 0 Å². The van der Waals surface area contributed by atoms with Gasteiger partial charge in [0.1, 0.15) is 0 Å². The summed E-state index contributed by atoms with van der Waals surface area (Å²) in [5.74, 6) is -1.13. The Labute approximate surface area is 121 Å². The van der Waals surface area contributed by atoms with E-state index >= 15 is 0 Å². The predicted octanol–water partition coefficient (Wildman–Crippen LogP) is 0.258. The van der Waals surface area contributed by atoms with Gasteiger partial charge >= 0.3 is 5.97 Å². The third-order valence-corrected chi connectivity index (χ3v) is 3.68. The lowest BCUT2D eigenvalue weighted by atomic mass is 10.0. The Balaban J connectivity index is 2.16. The van der Waals surface area contributed by atoms with Crippen molar-refractivity contribution in [3.8, 4) is 0 Å². The summed E-state index contributed by atoms with van der Waals surface area (Å²) in [5.41, 5.74) is 5.50. The molecule has 0 radical (unpaired) electrons. The Bertz CT molecular complexity index is 323. The lowest BCUT2D eigenvalue weighted by Crippen LogP contribution is -2.47. The summed E-state index contributed by atoms with van der Waals surface area (Å²) in [4.78, 5) is 25.4. The lowest BCUT2D eigenvalue weighted by molar-refractivity contribution is -0.147. The quantitative estimate of drug-likeness (QED) is 0.398. The van der Waals surface area contributed by atoms with Crippen molar-refractivity contribution in [2.45, 2.75) is 51.6 Å². The number of piperidine rings is 1. The number of amides is 1. The minimum absolute atomic E-state index is 0.229. The number of carbonyl (C=O) groups excluding carboxylic acids is 2. The van der Waals surface area contributed by atoms with Crippen molar-refractivity contribution in [1.82, 2.24) is 10.2 Å². The van der Waals surface area contributed by atoms with Gasteiger partial charge in [-0.1, -0.05) is 6.42 Å². The van der Waals surface area contributed by atoms with Crippen LogP contribution in [0, 0.1) is 0 Å². The van der Waals surface area contributed by atoms with E-state index in [1.807, 2.05) is 0 Å². The zero-order valence-electron chi connectivity index (χ0n) is 12.6. The summed E-state index contributed by atoms with van der Waals surface area (Å²) in [6.45, 7) is 6.80. The van der Waals surface area contributed by atoms with Crippen LogP contribution in [0.3, 0.4) is 0 Å². The average Bonchev–Trinajstić information content (AvgIpc) is 2.44. The molecule has 2 atom stereocenters. The summed E-state index contributed by atoms with van der Waals surface area (Å²) in [5, 5.41) is 2.68. The zero-order chi connectivity index (χ0) is 15.0. The van der Waals surface area contributed by atoms with Gasteiger partial charge in [-0.05, 0) is 39.7 Å². The molecule has 0 aromatic rings. The van der Waals surface area contributed by atoms with Gasteiger partial charge in [-0.25, -0.2) is 4.79 Å². The van der Waals surface area contributed by atoms with Gasteiger partial charge in [0, 0.05) is 19.1 Å². The van der Waals surface area contributed by atoms with Gasteiger partial charge in [0.25, 0.3) is 0 Å². The van der Waals surface area contributed by atoms with Gasteiger partial charge in [0.05, 0.1) is 6.61 Å². The first kappa shape index (κ1) is 16.9. The van der Waals surface area contributed by atoms with Gasteiger partial charge in [0.15, 0.2) is 6.04 Å². The van der Waals surface area contributed by atoms with Crippen LogP contribution in [0.25, 0.3) is 0 Å². The molecule has 3 N–H and O–H groups in total. The number of carbonyl (C=O) groups is 2. The van der Waals surface area contributed by atoms with Gasteiger partial charge < -0.3 is 20.7 Å². The van der Waals surface area contributed by atoms with E-state index in [9.17, 15) is 9.59 Å². The van der Waals surface area contributed by atoms with E-state index in [0.717, 1.165) is 19.5 Å². The third kappa shape index (κ3) is 5.46. The van der Waals surface area contributed by atoms with E-state index in [-0.39, 0.29) is 6.61 Å². The van der Waals surface area contributed by atoms with Crippen LogP contribution in [0.15, 0.2) is 0 Å². The maximum atomic E-state index is 11.6. The third-order valence-electron chi connectivity index (χ3n) is 3.68. The molecular weight excluding hydrogens is 258 g/mol. The second-order valence-electron chi connectivity index (χ2n) is 5.26. The van der Waals surface area contributed by atoms with Crippen LogP contribution in [0.4, 0.5) is 0 Å². The van der Waals surface area contributed by atoms with E-state index in [0.29, 0.717) is 12.6 Å². The number of nitrogens with zero attached hydrogens (tertiary/aromatic N) is 1. The van der Waals surface area contributed by atoms with Gasteiger partial charge in [-0.15, -0.1) is 0 Å². The molecular formula is C14H27N3O3. The van der Waals surface area contributed by atoms with Crippen LogP contribution in [0.2, 0.25) is 0 Å². The largest absolute Gasteiger partial charge is 0.464 e. The Morgan fingerprint density at radius 1 is 1.45 bits per heavy atom. The van der Waals surface area contributed by atoms with Crippen molar-refractivity contribution < 1.29 is 14.3 Å². The minimum atomic E-state index is -1.22. The van der Waals surface area contributed by atoms with Gasteiger partial charge in [-0.2, -0.15) is 0 Å². The number of ether oxygens (including phenoxy) is 1. The van der Waals surface area contributed by atoms with Crippen LogP contribution < -0.4 is 11.1 Å². The molecule has 0 aliphatic carbocycles. The fourth-order valence-electron chi connectivity index (χ4n) is 2.43. The highest BCUT2D eigenvalue weighted by Crippen LogP contribution is 2.15. The van der Waals surface area contributed by atoms with Crippen LogP contribution in [-0.2, 0) is 14.3 Å². The second kappa shape index (κ2) is 8.92. The normalized spacial score (nSPS) is 21.2. The molecule has 20 heavy (non-hydrogen) atoms. The summed E-state index contributed by atoms with van der Waals surface area (Å²) >= 11 is 0. The molecule has 116 valence electrons. The SMILES string of the molecule is CCOC(=O)C(N)C(=O)NCCCN1CCCCC1C. The smallest absolute Gasteiger partial charge is 0.332 e. The molecule has 0 spiro atoms. The highest BCUT2D eigenvalue weighted by atomic mass is 16.5. The molecule has 0 bridgehead atoms. The molecule has 6 heteroatoms. The highest BCUT2D eigenvalue weighted by Gasteiger charge is 2.23. The summed E-state index contributed by atoms with van der Waals surface area (Å²) in [7, 11) is 0. The first-order chi connectivity index (χ1) is 9.56. The van der Waals surface area contributed by atoms with Crippen molar-refractivity contribution in [2.24, 2.45) is 5.73 Å². The van der Waals surface area contributed by atoms with Crippen molar-refractivity contribution >= 4 is 11.9 Å². The zero-order valence-corrected chi connectivity index (χ0v) is 12.6. The number of nitrogens with two attached hydrogens (primary N) is 1. The fraction of sp³-hybridized carbons (Fsp3) is 0.857. The Morgan fingerprint density at radius 3 is 2.85 bits per heavy atom. The molecule has 1 fully saturated rings. The van der Waals surface area contributed by atoms with Gasteiger partial charge in [-0.3, -0.25) is 4.79 Å². The molecule has 1 rings (SSSR count). The monoisotopic (exact) mass is 285 g/mol. The Hall–Kier alpha value is -1.14. The van der Waals surface area contributed by atoms with Crippen LogP contribution in [0.1, 0.15) is 39.5 Å². The summed E-state index contributed by atoms with van der Waals surface area (Å²) in [6.07, 6.45) is 4.68. The lowest BCUT2D eigenvalue weighted by Gasteiger charge is -2.33. The van der Waals surface area contributed by atoms with E-state index in [1.165, 1.54) is 19.3 Å². The number of hydrogen-bond acceptors (Lipinski definition) is 5. The average molecular weight is 285 g/mol. The molecule has 6 nitrogen and oxygen atoms in total. The molecule has 1 heterocycles. The Kier molecular flexibility index (Phi) is 7.54. The maximum absolute atomic E-state index is 11.6. The van der Waals surface area contributed by atoms with Crippen molar-refractivity contribution in [2.75, 3.05) is 26.2 Å². The molecule has 1 amide bonds. The van der Waals surface area contributed by atoms with Crippen LogP contribution >= 0.6 is 0 Å². The highest BCUT2D eigenvalue weighted by molar-refractivity contribution is 6.01. The number of esters is 1. The van der Waals surface area contributed by atoms with Crippen molar-refractivity contribution in [3.63, 3.8) is 0 Å². The molecule has 1 aliphatic heterocycles. The number of nitrogens with one attached hydrogen (secondary N) is 1. The summed E-state index contributed by atoms with van der Waals surface area (Å²) < 4.78 is 4.71. The molecule has 0 saturated carbocycles. The van der Waals surface area contributed by atoms with E-state index < -0.39 is 17.9 Å². The topological polar surface area (TPSA) is 84.7 Å².